The Bertz CT molecular complexity index is 460. The molecule has 0 aliphatic carbocycles. The molecule has 2 unspecified atom stereocenters. The van der Waals surface area contributed by atoms with E-state index in [0.29, 0.717) is 0 Å². The standard InChI is InChI=1S/C12H12ClNO2/c13-8-2-1-7-5-11-9(12(15)16)3-4-14(11)10(7)6-8/h1-2,6,9,11H,3-5H2,(H,15,16). The zero-order valence-electron chi connectivity index (χ0n) is 8.69. The van der Waals surface area contributed by atoms with E-state index in [0.717, 1.165) is 30.1 Å². The van der Waals surface area contributed by atoms with E-state index in [1.165, 1.54) is 5.56 Å². The van der Waals surface area contributed by atoms with E-state index < -0.39 is 5.97 Å². The number of nitrogens with zero attached hydrogens (tertiary/aromatic N) is 1. The van der Waals surface area contributed by atoms with E-state index in [1.54, 1.807) is 0 Å². The molecule has 2 aliphatic rings. The third-order valence-electron chi connectivity index (χ3n) is 3.65. The Morgan fingerprint density at radius 1 is 1.50 bits per heavy atom. The number of carboxylic acid groups (broad SMARTS) is 1. The zero-order chi connectivity index (χ0) is 11.3. The molecule has 0 saturated carbocycles. The fraction of sp³-hybridized carbons (Fsp3) is 0.417. The lowest BCUT2D eigenvalue weighted by Gasteiger charge is -2.20. The van der Waals surface area contributed by atoms with Gasteiger partial charge in [0.05, 0.1) is 5.92 Å². The van der Waals surface area contributed by atoms with Crippen LogP contribution in [-0.4, -0.2) is 23.7 Å². The molecule has 16 heavy (non-hydrogen) atoms. The van der Waals surface area contributed by atoms with Crippen LogP contribution < -0.4 is 4.90 Å². The van der Waals surface area contributed by atoms with Gasteiger partial charge in [-0.05, 0) is 30.5 Å². The van der Waals surface area contributed by atoms with Crippen molar-refractivity contribution in [1.82, 2.24) is 0 Å². The van der Waals surface area contributed by atoms with Crippen molar-refractivity contribution in [3.8, 4) is 0 Å². The number of rotatable bonds is 1. The van der Waals surface area contributed by atoms with Gasteiger partial charge < -0.3 is 10.0 Å². The summed E-state index contributed by atoms with van der Waals surface area (Å²) in [7, 11) is 0. The minimum atomic E-state index is -0.675. The highest BCUT2D eigenvalue weighted by Crippen LogP contribution is 2.41. The predicted molar refractivity (Wildman–Crippen MR) is 62.0 cm³/mol. The highest BCUT2D eigenvalue weighted by Gasteiger charge is 2.43. The van der Waals surface area contributed by atoms with Gasteiger partial charge in [0.15, 0.2) is 0 Å². The molecule has 1 aromatic rings. The first kappa shape index (κ1) is 9.97. The number of carbonyl (C=O) groups is 1. The summed E-state index contributed by atoms with van der Waals surface area (Å²) in [6.45, 7) is 0.828. The van der Waals surface area contributed by atoms with Crippen LogP contribution >= 0.6 is 11.6 Å². The topological polar surface area (TPSA) is 40.5 Å². The second-order valence-electron chi connectivity index (χ2n) is 4.47. The molecule has 0 radical (unpaired) electrons. The van der Waals surface area contributed by atoms with Crippen LogP contribution in [0.2, 0.25) is 5.02 Å². The molecule has 1 aromatic carbocycles. The number of hydrogen-bond acceptors (Lipinski definition) is 2. The minimum Gasteiger partial charge on any atom is -0.481 e. The van der Waals surface area contributed by atoms with Gasteiger partial charge >= 0.3 is 5.97 Å². The van der Waals surface area contributed by atoms with Crippen molar-refractivity contribution in [2.45, 2.75) is 18.9 Å². The Hall–Kier alpha value is -1.22. The molecular weight excluding hydrogens is 226 g/mol. The Morgan fingerprint density at radius 3 is 3.06 bits per heavy atom. The maximum absolute atomic E-state index is 11.1. The lowest BCUT2D eigenvalue weighted by Crippen LogP contribution is -2.32. The lowest BCUT2D eigenvalue weighted by atomic mass is 9.97. The van der Waals surface area contributed by atoms with E-state index in [9.17, 15) is 4.79 Å². The monoisotopic (exact) mass is 237 g/mol. The van der Waals surface area contributed by atoms with Gasteiger partial charge in [0.1, 0.15) is 0 Å². The first-order valence-corrected chi connectivity index (χ1v) is 5.82. The molecule has 1 N–H and O–H groups in total. The normalized spacial score (nSPS) is 26.7. The maximum atomic E-state index is 11.1. The van der Waals surface area contributed by atoms with Crippen molar-refractivity contribution in [2.75, 3.05) is 11.4 Å². The fourth-order valence-corrected chi connectivity index (χ4v) is 3.06. The zero-order valence-corrected chi connectivity index (χ0v) is 9.44. The van der Waals surface area contributed by atoms with Crippen LogP contribution in [0, 0.1) is 5.92 Å². The van der Waals surface area contributed by atoms with Gasteiger partial charge in [0.2, 0.25) is 0 Å². The summed E-state index contributed by atoms with van der Waals surface area (Å²) in [4.78, 5) is 13.3. The summed E-state index contributed by atoms with van der Waals surface area (Å²) in [5, 5.41) is 9.86. The molecule has 0 amide bonds. The number of aliphatic carboxylic acids is 1. The summed E-state index contributed by atoms with van der Waals surface area (Å²) in [6.07, 6.45) is 1.58. The highest BCUT2D eigenvalue weighted by molar-refractivity contribution is 6.30. The number of carboxylic acids is 1. The summed E-state index contributed by atoms with van der Waals surface area (Å²) < 4.78 is 0. The van der Waals surface area contributed by atoms with Crippen LogP contribution in [0.1, 0.15) is 12.0 Å². The van der Waals surface area contributed by atoms with Crippen molar-refractivity contribution >= 4 is 23.3 Å². The van der Waals surface area contributed by atoms with E-state index in [-0.39, 0.29) is 12.0 Å². The molecule has 84 valence electrons. The first-order valence-electron chi connectivity index (χ1n) is 5.44. The second kappa shape index (κ2) is 3.39. The third-order valence-corrected chi connectivity index (χ3v) is 3.88. The molecule has 1 fully saturated rings. The van der Waals surface area contributed by atoms with Gasteiger partial charge in [0.25, 0.3) is 0 Å². The Morgan fingerprint density at radius 2 is 2.31 bits per heavy atom. The first-order chi connectivity index (χ1) is 7.66. The minimum absolute atomic E-state index is 0.131. The molecule has 2 atom stereocenters. The predicted octanol–water partition coefficient (Wildman–Crippen LogP) is 2.18. The van der Waals surface area contributed by atoms with Crippen molar-refractivity contribution in [3.05, 3.63) is 28.8 Å². The molecule has 2 heterocycles. The van der Waals surface area contributed by atoms with Crippen LogP contribution in [0.4, 0.5) is 5.69 Å². The quantitative estimate of drug-likeness (QED) is 0.814. The molecule has 0 bridgehead atoms. The molecule has 2 aliphatic heterocycles. The number of anilines is 1. The molecular formula is C12H12ClNO2. The highest BCUT2D eigenvalue weighted by atomic mass is 35.5. The Labute approximate surface area is 98.6 Å². The van der Waals surface area contributed by atoms with Crippen LogP contribution in [0.15, 0.2) is 18.2 Å². The molecule has 0 aromatic heterocycles. The van der Waals surface area contributed by atoms with E-state index in [4.69, 9.17) is 16.7 Å². The second-order valence-corrected chi connectivity index (χ2v) is 4.91. The third kappa shape index (κ3) is 1.31. The SMILES string of the molecule is O=C(O)C1CCN2c3cc(Cl)ccc3CC12. The molecule has 0 spiro atoms. The Balaban J connectivity index is 1.98. The van der Waals surface area contributed by atoms with Crippen molar-refractivity contribution in [3.63, 3.8) is 0 Å². The number of halogens is 1. The van der Waals surface area contributed by atoms with E-state index in [2.05, 4.69) is 4.90 Å². The van der Waals surface area contributed by atoms with Gasteiger partial charge in [-0.25, -0.2) is 0 Å². The van der Waals surface area contributed by atoms with Gasteiger partial charge in [-0.15, -0.1) is 0 Å². The lowest BCUT2D eigenvalue weighted by molar-refractivity contribution is -0.141. The molecule has 3 rings (SSSR count). The van der Waals surface area contributed by atoms with Crippen LogP contribution in [0.5, 0.6) is 0 Å². The fourth-order valence-electron chi connectivity index (χ4n) is 2.90. The number of fused-ring (bicyclic) bond motifs is 3. The smallest absolute Gasteiger partial charge is 0.308 e. The average molecular weight is 238 g/mol. The number of benzene rings is 1. The van der Waals surface area contributed by atoms with Crippen LogP contribution in [0.3, 0.4) is 0 Å². The largest absolute Gasteiger partial charge is 0.481 e. The van der Waals surface area contributed by atoms with Crippen molar-refractivity contribution in [2.24, 2.45) is 5.92 Å². The molecule has 4 heteroatoms. The summed E-state index contributed by atoms with van der Waals surface area (Å²) >= 11 is 5.97. The van der Waals surface area contributed by atoms with Gasteiger partial charge in [0, 0.05) is 23.3 Å². The van der Waals surface area contributed by atoms with E-state index >= 15 is 0 Å². The van der Waals surface area contributed by atoms with E-state index in [1.807, 2.05) is 18.2 Å². The van der Waals surface area contributed by atoms with Crippen LogP contribution in [0.25, 0.3) is 0 Å². The maximum Gasteiger partial charge on any atom is 0.308 e. The van der Waals surface area contributed by atoms with Crippen molar-refractivity contribution in [1.29, 1.82) is 0 Å². The van der Waals surface area contributed by atoms with Crippen LogP contribution in [-0.2, 0) is 11.2 Å². The summed E-state index contributed by atoms with van der Waals surface area (Å²) in [5.41, 5.74) is 2.35. The molecule has 3 nitrogen and oxygen atoms in total. The average Bonchev–Trinajstić information content (AvgIpc) is 2.76. The van der Waals surface area contributed by atoms with Gasteiger partial charge in [-0.1, -0.05) is 17.7 Å². The Kier molecular flexibility index (Phi) is 2.11. The van der Waals surface area contributed by atoms with Crippen molar-refractivity contribution < 1.29 is 9.90 Å². The summed E-state index contributed by atoms with van der Waals surface area (Å²) in [5.74, 6) is -0.905. The molecule has 1 saturated heterocycles. The number of hydrogen-bond donors (Lipinski definition) is 1. The van der Waals surface area contributed by atoms with Gasteiger partial charge in [-0.2, -0.15) is 0 Å². The summed E-state index contributed by atoms with van der Waals surface area (Å²) in [6, 6.07) is 5.96. The van der Waals surface area contributed by atoms with Gasteiger partial charge in [-0.3, -0.25) is 4.79 Å².